The summed E-state index contributed by atoms with van der Waals surface area (Å²) in [4.78, 5) is 13.6. The van der Waals surface area contributed by atoms with Gasteiger partial charge in [0.05, 0.1) is 19.3 Å². The fourth-order valence-corrected chi connectivity index (χ4v) is 8.83. The molecule has 5 aromatic rings. The Kier molecular flexibility index (Phi) is 6.44. The van der Waals surface area contributed by atoms with Crippen molar-refractivity contribution in [3.63, 3.8) is 0 Å². The number of hydrogen-bond acceptors (Lipinski definition) is 4. The Morgan fingerprint density at radius 3 is 1.71 bits per heavy atom. The number of hydrogen-bond donors (Lipinski definition) is 0. The van der Waals surface area contributed by atoms with Crippen LogP contribution < -0.4 is 15.9 Å². The average molecular weight is 482 g/mol. The van der Waals surface area contributed by atoms with E-state index in [1.165, 1.54) is 11.3 Å². The molecule has 0 amide bonds. The van der Waals surface area contributed by atoms with E-state index in [2.05, 4.69) is 72.8 Å². The second-order valence-corrected chi connectivity index (χ2v) is 11.8. The van der Waals surface area contributed by atoms with Crippen molar-refractivity contribution in [3.8, 4) is 0 Å². The smallest absolute Gasteiger partial charge is 0.350 e. The quantitative estimate of drug-likeness (QED) is 0.196. The van der Waals surface area contributed by atoms with E-state index in [4.69, 9.17) is 9.48 Å². The molecular weight excluding hydrogens is 457 g/mol. The highest BCUT2D eigenvalue weighted by Gasteiger charge is 2.30. The Hall–Kier alpha value is -3.46. The Morgan fingerprint density at radius 1 is 0.735 bits per heavy atom. The summed E-state index contributed by atoms with van der Waals surface area (Å²) in [5.41, 5.74) is 0.712. The summed E-state index contributed by atoms with van der Waals surface area (Å²) in [6.07, 6.45) is 0. The molecule has 168 valence electrons. The van der Waals surface area contributed by atoms with Gasteiger partial charge >= 0.3 is 5.97 Å². The van der Waals surface area contributed by atoms with Crippen molar-refractivity contribution in [3.05, 3.63) is 120 Å². The van der Waals surface area contributed by atoms with Gasteiger partial charge in [0.2, 0.25) is 0 Å². The molecule has 5 rings (SSSR count). The molecule has 0 aliphatic carbocycles. The van der Waals surface area contributed by atoms with Crippen LogP contribution in [0.5, 0.6) is 0 Å². The summed E-state index contributed by atoms with van der Waals surface area (Å²) in [5, 5.41) is 4.38. The Bertz CT molecular complexity index is 1380. The van der Waals surface area contributed by atoms with E-state index in [0.29, 0.717) is 17.2 Å². The number of rotatable bonds is 6. The topological polar surface area (TPSA) is 38.7 Å². The first-order valence-corrected chi connectivity index (χ1v) is 13.8. The number of carbonyl (C=O) groups is 1. The van der Waals surface area contributed by atoms with Crippen molar-refractivity contribution in [1.29, 1.82) is 0 Å². The maximum absolute atomic E-state index is 13.1. The van der Waals surface area contributed by atoms with E-state index >= 15 is 0 Å². The Morgan fingerprint density at radius 2 is 1.21 bits per heavy atom. The number of benzene rings is 4. The molecule has 1 aromatic heterocycles. The zero-order chi connectivity index (χ0) is 23.4. The van der Waals surface area contributed by atoms with Crippen LogP contribution in [0.3, 0.4) is 0 Å². The molecule has 0 radical (unpaired) electrons. The zero-order valence-corrected chi connectivity index (χ0v) is 20.5. The molecule has 4 aromatic carbocycles. The van der Waals surface area contributed by atoms with Crippen LogP contribution in [0.2, 0.25) is 0 Å². The maximum atomic E-state index is 13.1. The molecule has 0 saturated heterocycles. The van der Waals surface area contributed by atoms with Gasteiger partial charge in [-0.15, -0.1) is 11.3 Å². The third-order valence-electron chi connectivity index (χ3n) is 5.67. The highest BCUT2D eigenvalue weighted by atomic mass is 32.1. The van der Waals surface area contributed by atoms with Gasteiger partial charge in [-0.05, 0) is 13.0 Å². The monoisotopic (exact) mass is 481 g/mol. The first-order chi connectivity index (χ1) is 16.7. The van der Waals surface area contributed by atoms with Gasteiger partial charge in [0.15, 0.2) is 0 Å². The molecule has 0 atom stereocenters. The van der Waals surface area contributed by atoms with Crippen molar-refractivity contribution in [2.24, 2.45) is 4.74 Å². The van der Waals surface area contributed by atoms with Crippen molar-refractivity contribution < 1.29 is 9.53 Å². The lowest BCUT2D eigenvalue weighted by atomic mass is 10.2. The molecular formula is C29H24NO2PS. The molecule has 0 aliphatic heterocycles. The van der Waals surface area contributed by atoms with Gasteiger partial charge in [0.25, 0.3) is 0 Å². The second kappa shape index (κ2) is 9.80. The first kappa shape index (κ1) is 22.3. The number of esters is 1. The molecule has 0 spiro atoms. The number of ether oxygens (including phenoxy) is 1. The van der Waals surface area contributed by atoms with Gasteiger partial charge in [-0.3, -0.25) is 4.74 Å². The third kappa shape index (κ3) is 4.00. The van der Waals surface area contributed by atoms with E-state index in [-0.39, 0.29) is 5.97 Å². The van der Waals surface area contributed by atoms with Gasteiger partial charge in [0.1, 0.15) is 4.88 Å². The normalized spacial score (nSPS) is 11.3. The molecule has 3 nitrogen and oxygen atoms in total. The van der Waals surface area contributed by atoms with E-state index < -0.39 is 7.05 Å². The lowest BCUT2D eigenvalue weighted by molar-refractivity contribution is 0.0533. The molecule has 0 bridgehead atoms. The number of nitrogens with zero attached hydrogens (tertiary/aromatic N) is 1. The van der Waals surface area contributed by atoms with Crippen molar-refractivity contribution >= 4 is 56.0 Å². The van der Waals surface area contributed by atoms with E-state index in [9.17, 15) is 4.79 Å². The fraction of sp³-hybridized carbons (Fsp3) is 0.0690. The van der Waals surface area contributed by atoms with Crippen LogP contribution in [-0.2, 0) is 4.74 Å². The molecule has 1 heterocycles. The van der Waals surface area contributed by atoms with Gasteiger partial charge in [-0.1, -0.05) is 109 Å². The molecule has 0 unspecified atom stereocenters. The van der Waals surface area contributed by atoms with Crippen LogP contribution in [0.25, 0.3) is 10.1 Å². The van der Waals surface area contributed by atoms with E-state index in [1.807, 2.05) is 49.4 Å². The highest BCUT2D eigenvalue weighted by molar-refractivity contribution is 7.87. The molecule has 0 N–H and O–H groups in total. The van der Waals surface area contributed by atoms with Crippen LogP contribution in [0.4, 0.5) is 5.69 Å². The molecule has 0 aliphatic rings. The average Bonchev–Trinajstić information content (AvgIpc) is 3.27. The second-order valence-electron chi connectivity index (χ2n) is 7.74. The number of carbonyl (C=O) groups excluding carboxylic acids is 1. The minimum Gasteiger partial charge on any atom is -0.462 e. The largest absolute Gasteiger partial charge is 0.462 e. The number of thiophene rings is 1. The van der Waals surface area contributed by atoms with Gasteiger partial charge in [-0.2, -0.15) is 0 Å². The minimum absolute atomic E-state index is 0.322. The van der Waals surface area contributed by atoms with Gasteiger partial charge in [0, 0.05) is 26.0 Å². The summed E-state index contributed by atoms with van der Waals surface area (Å²) < 4.78 is 12.1. The van der Waals surface area contributed by atoms with Crippen LogP contribution in [0.1, 0.15) is 16.6 Å². The summed E-state index contributed by atoms with van der Waals surface area (Å²) in [6, 6.07) is 39.4. The SMILES string of the molecule is CCOC(=O)c1sc2ccccc2c1N=P(c1ccccc1)(c1ccccc1)c1ccccc1. The predicted octanol–water partition coefficient (Wildman–Crippen LogP) is 6.89. The van der Waals surface area contributed by atoms with Crippen molar-refractivity contribution in [2.45, 2.75) is 6.92 Å². The summed E-state index contributed by atoms with van der Waals surface area (Å²) >= 11 is 1.45. The van der Waals surface area contributed by atoms with Gasteiger partial charge < -0.3 is 4.74 Å². The van der Waals surface area contributed by atoms with Crippen LogP contribution in [0.15, 0.2) is 120 Å². The van der Waals surface area contributed by atoms with Crippen LogP contribution >= 0.6 is 18.4 Å². The summed E-state index contributed by atoms with van der Waals surface area (Å²) in [5.74, 6) is -0.324. The van der Waals surface area contributed by atoms with Crippen molar-refractivity contribution in [2.75, 3.05) is 6.61 Å². The Balaban J connectivity index is 1.95. The summed E-state index contributed by atoms with van der Waals surface area (Å²) in [6.45, 7) is 2.15. The lowest BCUT2D eigenvalue weighted by Crippen LogP contribution is -2.25. The molecule has 34 heavy (non-hydrogen) atoms. The standard InChI is InChI=1S/C29H24NO2PS/c1-2-32-29(31)28-27(25-20-12-13-21-26(25)34-28)30-33(22-14-6-3-7-15-22,23-16-8-4-9-17-23)24-18-10-5-11-19-24/h3-21H,2H2,1H3. The first-order valence-electron chi connectivity index (χ1n) is 11.2. The van der Waals surface area contributed by atoms with E-state index in [1.54, 1.807) is 0 Å². The Labute approximate surface area is 203 Å². The van der Waals surface area contributed by atoms with Crippen molar-refractivity contribution in [1.82, 2.24) is 0 Å². The molecule has 5 heteroatoms. The molecule has 0 fully saturated rings. The number of fused-ring (bicyclic) bond motifs is 1. The fourth-order valence-electron chi connectivity index (χ4n) is 4.17. The summed E-state index contributed by atoms with van der Waals surface area (Å²) in [7, 11) is -2.51. The zero-order valence-electron chi connectivity index (χ0n) is 18.8. The maximum Gasteiger partial charge on any atom is 0.350 e. The van der Waals surface area contributed by atoms with E-state index in [0.717, 1.165) is 26.0 Å². The predicted molar refractivity (Wildman–Crippen MR) is 145 cm³/mol. The lowest BCUT2D eigenvalue weighted by Gasteiger charge is -2.27. The van der Waals surface area contributed by atoms with Crippen LogP contribution in [0, 0.1) is 0 Å². The molecule has 0 saturated carbocycles. The minimum atomic E-state index is -2.51. The van der Waals surface area contributed by atoms with Crippen LogP contribution in [-0.4, -0.2) is 12.6 Å². The highest BCUT2D eigenvalue weighted by Crippen LogP contribution is 2.52. The third-order valence-corrected chi connectivity index (χ3v) is 10.4. The van der Waals surface area contributed by atoms with Gasteiger partial charge in [-0.25, -0.2) is 4.79 Å².